The molecule has 1 amide bonds. The maximum Gasteiger partial charge on any atom is 0.410 e. The third-order valence-electron chi connectivity index (χ3n) is 3.22. The molecule has 0 spiro atoms. The Morgan fingerprint density at radius 1 is 1.38 bits per heavy atom. The number of carbonyl (C=O) groups is 1. The lowest BCUT2D eigenvalue weighted by atomic mass is 10.1. The van der Waals surface area contributed by atoms with Crippen LogP contribution in [0, 0.1) is 0 Å². The van der Waals surface area contributed by atoms with Crippen molar-refractivity contribution in [2.24, 2.45) is 0 Å². The molecule has 2 rings (SSSR count). The molecule has 0 aliphatic carbocycles. The summed E-state index contributed by atoms with van der Waals surface area (Å²) < 4.78 is 38.2. The molecule has 0 aromatic carbocycles. The van der Waals surface area contributed by atoms with E-state index < -0.39 is 46.2 Å². The zero-order valence-corrected chi connectivity index (χ0v) is 13.3. The lowest BCUT2D eigenvalue weighted by Crippen LogP contribution is -2.46. The zero-order chi connectivity index (χ0) is 16.0. The normalized spacial score (nSPS) is 33.1. The number of aliphatic hydroxyl groups excluding tert-OH is 1. The molecule has 4 atom stereocenters. The summed E-state index contributed by atoms with van der Waals surface area (Å²) in [5, 5.41) is 9.95. The summed E-state index contributed by atoms with van der Waals surface area (Å²) in [5.74, 6) is 0. The highest BCUT2D eigenvalue weighted by Crippen LogP contribution is 2.33. The molecule has 2 aliphatic rings. The quantitative estimate of drug-likeness (QED) is 0.697. The first-order valence-electron chi connectivity index (χ1n) is 6.65. The molecule has 21 heavy (non-hydrogen) atoms. The van der Waals surface area contributed by atoms with Crippen LogP contribution in [0.15, 0.2) is 0 Å². The van der Waals surface area contributed by atoms with Gasteiger partial charge in [-0.15, -0.1) is 0 Å². The highest BCUT2D eigenvalue weighted by Gasteiger charge is 2.54. The van der Waals surface area contributed by atoms with Crippen molar-refractivity contribution in [3.63, 3.8) is 0 Å². The van der Waals surface area contributed by atoms with E-state index in [1.165, 1.54) is 4.90 Å². The number of amides is 1. The summed E-state index contributed by atoms with van der Waals surface area (Å²) >= 11 is 0. The van der Waals surface area contributed by atoms with Crippen LogP contribution in [0.25, 0.3) is 0 Å². The van der Waals surface area contributed by atoms with Crippen molar-refractivity contribution < 1.29 is 32.0 Å². The number of nitrogens with zero attached hydrogens (tertiary/aromatic N) is 1. The van der Waals surface area contributed by atoms with E-state index in [2.05, 4.69) is 0 Å². The van der Waals surface area contributed by atoms with Crippen molar-refractivity contribution in [2.45, 2.75) is 50.7 Å². The summed E-state index contributed by atoms with van der Waals surface area (Å²) in [6.45, 7) is 5.20. The summed E-state index contributed by atoms with van der Waals surface area (Å²) in [5.41, 5.74) is -0.688. The Morgan fingerprint density at radius 2 is 2.00 bits per heavy atom. The first-order chi connectivity index (χ1) is 9.48. The van der Waals surface area contributed by atoms with E-state index in [-0.39, 0.29) is 13.2 Å². The van der Waals surface area contributed by atoms with Gasteiger partial charge in [0.25, 0.3) is 10.1 Å². The summed E-state index contributed by atoms with van der Waals surface area (Å²) in [7, 11) is -3.69. The van der Waals surface area contributed by atoms with E-state index in [9.17, 15) is 18.3 Å². The van der Waals surface area contributed by atoms with Gasteiger partial charge in [0.15, 0.2) is 0 Å². The van der Waals surface area contributed by atoms with Gasteiger partial charge in [-0.3, -0.25) is 9.08 Å². The highest BCUT2D eigenvalue weighted by molar-refractivity contribution is 7.86. The van der Waals surface area contributed by atoms with Crippen LogP contribution < -0.4 is 0 Å². The Labute approximate surface area is 124 Å². The topological polar surface area (TPSA) is 102 Å². The average molecular weight is 323 g/mol. The van der Waals surface area contributed by atoms with Crippen LogP contribution in [-0.2, 0) is 23.8 Å². The Bertz CT molecular complexity index is 512. The Balaban J connectivity index is 2.17. The fourth-order valence-corrected chi connectivity index (χ4v) is 3.20. The SMILES string of the molecule is CC(C)(C)OC(=O)N1C[C@H](OS(C)(=O)=O)[C@H]2OC[C@H](O)[C@H]21. The van der Waals surface area contributed by atoms with Crippen molar-refractivity contribution in [3.05, 3.63) is 0 Å². The van der Waals surface area contributed by atoms with E-state index in [1.54, 1.807) is 20.8 Å². The highest BCUT2D eigenvalue weighted by atomic mass is 32.2. The molecular formula is C12H21NO7S. The first kappa shape index (κ1) is 16.5. The Kier molecular flexibility index (Phi) is 4.22. The predicted molar refractivity (Wildman–Crippen MR) is 72.2 cm³/mol. The number of hydrogen-bond donors (Lipinski definition) is 1. The van der Waals surface area contributed by atoms with Gasteiger partial charge in [-0.25, -0.2) is 4.79 Å². The third kappa shape index (κ3) is 3.85. The van der Waals surface area contributed by atoms with E-state index in [4.69, 9.17) is 13.7 Å². The van der Waals surface area contributed by atoms with Crippen molar-refractivity contribution in [1.29, 1.82) is 0 Å². The Morgan fingerprint density at radius 3 is 2.52 bits per heavy atom. The average Bonchev–Trinajstić information content (AvgIpc) is 2.77. The minimum absolute atomic E-state index is 0.00558. The summed E-state index contributed by atoms with van der Waals surface area (Å²) in [6.07, 6.45) is -2.10. The van der Waals surface area contributed by atoms with Gasteiger partial charge in [-0.05, 0) is 20.8 Å². The molecule has 0 unspecified atom stereocenters. The molecule has 2 saturated heterocycles. The largest absolute Gasteiger partial charge is 0.444 e. The summed E-state index contributed by atoms with van der Waals surface area (Å²) in [4.78, 5) is 13.5. The minimum Gasteiger partial charge on any atom is -0.444 e. The maximum absolute atomic E-state index is 12.2. The number of hydrogen-bond acceptors (Lipinski definition) is 7. The van der Waals surface area contributed by atoms with E-state index >= 15 is 0 Å². The molecular weight excluding hydrogens is 302 g/mol. The molecule has 8 nitrogen and oxygen atoms in total. The second kappa shape index (κ2) is 5.38. The van der Waals surface area contributed by atoms with Gasteiger partial charge in [0, 0.05) is 0 Å². The fraction of sp³-hybridized carbons (Fsp3) is 0.917. The van der Waals surface area contributed by atoms with Gasteiger partial charge >= 0.3 is 6.09 Å². The lowest BCUT2D eigenvalue weighted by molar-refractivity contribution is 0.00838. The van der Waals surface area contributed by atoms with Crippen molar-refractivity contribution >= 4 is 16.2 Å². The van der Waals surface area contributed by atoms with Crippen LogP contribution in [0.2, 0.25) is 0 Å². The molecule has 2 fully saturated rings. The smallest absolute Gasteiger partial charge is 0.410 e. The van der Waals surface area contributed by atoms with Crippen molar-refractivity contribution in [3.8, 4) is 0 Å². The molecule has 0 bridgehead atoms. The van der Waals surface area contributed by atoms with E-state index in [0.717, 1.165) is 6.26 Å². The maximum atomic E-state index is 12.2. The number of likely N-dealkylation sites (tertiary alicyclic amines) is 1. The van der Waals surface area contributed by atoms with Gasteiger partial charge in [-0.1, -0.05) is 0 Å². The van der Waals surface area contributed by atoms with Crippen LogP contribution in [0.4, 0.5) is 4.79 Å². The lowest BCUT2D eigenvalue weighted by Gasteiger charge is -2.28. The second-order valence-corrected chi connectivity index (χ2v) is 7.93. The van der Waals surface area contributed by atoms with Crippen molar-refractivity contribution in [2.75, 3.05) is 19.4 Å². The number of fused-ring (bicyclic) bond motifs is 1. The molecule has 0 saturated carbocycles. The van der Waals surface area contributed by atoms with Gasteiger partial charge in [-0.2, -0.15) is 8.42 Å². The monoisotopic (exact) mass is 323 g/mol. The minimum atomic E-state index is -3.69. The molecule has 122 valence electrons. The van der Waals surface area contributed by atoms with Gasteiger partial charge in [0.1, 0.15) is 23.9 Å². The van der Waals surface area contributed by atoms with Gasteiger partial charge < -0.3 is 14.6 Å². The standard InChI is InChI=1S/C12H21NO7S/c1-12(2,3)19-11(15)13-5-8(20-21(4,16)17)10-9(13)7(14)6-18-10/h7-10,14H,5-6H2,1-4H3/t7-,8-,9+,10+/m0/s1. The predicted octanol–water partition coefficient (Wildman–Crippen LogP) is -0.290. The van der Waals surface area contributed by atoms with E-state index in [0.29, 0.717) is 0 Å². The van der Waals surface area contributed by atoms with Crippen LogP contribution in [0.1, 0.15) is 20.8 Å². The van der Waals surface area contributed by atoms with Gasteiger partial charge in [0.05, 0.1) is 25.4 Å². The third-order valence-corrected chi connectivity index (χ3v) is 3.82. The molecule has 2 aliphatic heterocycles. The number of carbonyl (C=O) groups excluding carboxylic acids is 1. The van der Waals surface area contributed by atoms with E-state index in [1.807, 2.05) is 0 Å². The molecule has 0 aromatic rings. The number of aliphatic hydroxyl groups is 1. The van der Waals surface area contributed by atoms with Crippen LogP contribution in [-0.4, -0.2) is 73.9 Å². The van der Waals surface area contributed by atoms with Crippen LogP contribution in [0.3, 0.4) is 0 Å². The molecule has 9 heteroatoms. The molecule has 1 N–H and O–H groups in total. The Hall–Kier alpha value is -0.900. The fourth-order valence-electron chi connectivity index (χ4n) is 2.58. The molecule has 2 heterocycles. The number of ether oxygens (including phenoxy) is 2. The number of rotatable bonds is 2. The van der Waals surface area contributed by atoms with Crippen LogP contribution in [0.5, 0.6) is 0 Å². The zero-order valence-electron chi connectivity index (χ0n) is 12.5. The second-order valence-electron chi connectivity index (χ2n) is 6.33. The molecule has 0 radical (unpaired) electrons. The van der Waals surface area contributed by atoms with Crippen LogP contribution >= 0.6 is 0 Å². The summed E-state index contributed by atoms with van der Waals surface area (Å²) in [6, 6.07) is -0.661. The molecule has 0 aromatic heterocycles. The van der Waals surface area contributed by atoms with Crippen molar-refractivity contribution in [1.82, 2.24) is 4.90 Å². The van der Waals surface area contributed by atoms with Gasteiger partial charge in [0.2, 0.25) is 0 Å². The first-order valence-corrected chi connectivity index (χ1v) is 8.47.